The van der Waals surface area contributed by atoms with Crippen LogP contribution >= 0.6 is 0 Å². The van der Waals surface area contributed by atoms with Crippen LogP contribution < -0.4 is 11.1 Å². The number of nitrogens with zero attached hydrogens (tertiary/aromatic N) is 1. The van der Waals surface area contributed by atoms with Crippen LogP contribution in [-0.2, 0) is 4.79 Å². The van der Waals surface area contributed by atoms with Crippen LogP contribution in [0.4, 0.5) is 0 Å². The minimum Gasteiger partial charge on any atom is -0.479 e. The number of unbranched alkanes of at least 4 members (excludes halogenated alkanes) is 30. The molecule has 0 saturated heterocycles. The lowest BCUT2D eigenvalue weighted by molar-refractivity contribution is -0.145. The summed E-state index contributed by atoms with van der Waals surface area (Å²) in [6, 6.07) is 0. The first-order valence-corrected chi connectivity index (χ1v) is 20.4. The first-order chi connectivity index (χ1) is 22.5. The molecule has 1 unspecified atom stereocenters. The Hall–Kier alpha value is -1.30. The Morgan fingerprint density at radius 2 is 0.761 bits per heavy atom. The van der Waals surface area contributed by atoms with Crippen molar-refractivity contribution in [3.8, 4) is 0 Å². The van der Waals surface area contributed by atoms with Crippen LogP contribution in [0.15, 0.2) is 4.99 Å². The van der Waals surface area contributed by atoms with Gasteiger partial charge in [-0.2, -0.15) is 0 Å². The van der Waals surface area contributed by atoms with E-state index >= 15 is 0 Å². The standard InChI is InChI=1S/C37H77N3.C3H6O3/c1-3-5-7-9-11-13-15-17-19-21-23-25-27-29-31-33-35-39-37(38)40-36-34-32-30-28-26-24-22-20-18-16-14-12-10-8-6-4-2;1-2(4)3(5)6/h3-36H2,1-2H3,(H3,38,39,40);2,4H,1H3,(H,5,6). The quantitative estimate of drug-likeness (QED) is 0.0309. The second kappa shape index (κ2) is 41.7. The molecule has 0 aliphatic rings. The fourth-order valence-corrected chi connectivity index (χ4v) is 5.80. The molecule has 0 aromatic carbocycles. The van der Waals surface area contributed by atoms with E-state index in [1.54, 1.807) is 0 Å². The summed E-state index contributed by atoms with van der Waals surface area (Å²) in [4.78, 5) is 14.0. The SMILES string of the molecule is CC(O)C(=O)O.CCCCCCCCCCCCCCCCCCN=C(N)NCCCCCCCCCCCCCCCCCC. The monoisotopic (exact) mass is 654 g/mol. The second-order valence-corrected chi connectivity index (χ2v) is 13.8. The average Bonchev–Trinajstić information content (AvgIpc) is 3.04. The Labute approximate surface area is 288 Å². The molecule has 0 aliphatic heterocycles. The van der Waals surface area contributed by atoms with Gasteiger partial charge in [0.05, 0.1) is 0 Å². The minimum absolute atomic E-state index is 0.655. The van der Waals surface area contributed by atoms with E-state index in [0.717, 1.165) is 13.1 Å². The molecule has 276 valence electrons. The maximum absolute atomic E-state index is 9.45. The molecule has 6 heteroatoms. The Morgan fingerprint density at radius 1 is 0.522 bits per heavy atom. The van der Waals surface area contributed by atoms with E-state index in [4.69, 9.17) is 15.9 Å². The molecular weight excluding hydrogens is 570 g/mol. The lowest BCUT2D eigenvalue weighted by atomic mass is 10.0. The van der Waals surface area contributed by atoms with Gasteiger partial charge in [-0.05, 0) is 19.8 Å². The van der Waals surface area contributed by atoms with Crippen molar-refractivity contribution in [2.24, 2.45) is 10.7 Å². The summed E-state index contributed by atoms with van der Waals surface area (Å²) in [5, 5.41) is 19.1. The summed E-state index contributed by atoms with van der Waals surface area (Å²) in [5.41, 5.74) is 6.05. The summed E-state index contributed by atoms with van der Waals surface area (Å²) in [5.74, 6) is -0.531. The highest BCUT2D eigenvalue weighted by atomic mass is 16.4. The van der Waals surface area contributed by atoms with Crippen molar-refractivity contribution in [1.82, 2.24) is 5.32 Å². The third kappa shape index (κ3) is 44.8. The molecule has 0 fully saturated rings. The van der Waals surface area contributed by atoms with Gasteiger partial charge in [0.1, 0.15) is 6.10 Å². The minimum atomic E-state index is -1.23. The summed E-state index contributed by atoms with van der Waals surface area (Å²) in [7, 11) is 0. The number of aliphatic hydroxyl groups is 1. The van der Waals surface area contributed by atoms with Gasteiger partial charge in [0.2, 0.25) is 0 Å². The van der Waals surface area contributed by atoms with Crippen molar-refractivity contribution in [3.05, 3.63) is 0 Å². The number of nitrogens with two attached hydrogens (primary N) is 1. The van der Waals surface area contributed by atoms with Gasteiger partial charge in [0, 0.05) is 13.1 Å². The zero-order chi connectivity index (χ0) is 34.2. The highest BCUT2D eigenvalue weighted by Gasteiger charge is 2.01. The Bertz CT molecular complexity index is 613. The number of aliphatic imine (C=N–C) groups is 1. The van der Waals surface area contributed by atoms with Crippen LogP contribution in [0.1, 0.15) is 226 Å². The van der Waals surface area contributed by atoms with E-state index < -0.39 is 12.1 Å². The van der Waals surface area contributed by atoms with Crippen LogP contribution in [0.3, 0.4) is 0 Å². The van der Waals surface area contributed by atoms with Gasteiger partial charge in [0.25, 0.3) is 0 Å². The molecule has 1 atom stereocenters. The lowest BCUT2D eigenvalue weighted by Crippen LogP contribution is -2.32. The van der Waals surface area contributed by atoms with Crippen molar-refractivity contribution in [1.29, 1.82) is 0 Å². The largest absolute Gasteiger partial charge is 0.479 e. The molecule has 0 aromatic rings. The Balaban J connectivity index is 0. The molecule has 0 rings (SSSR count). The molecule has 0 radical (unpaired) electrons. The van der Waals surface area contributed by atoms with E-state index in [9.17, 15) is 4.79 Å². The molecule has 6 nitrogen and oxygen atoms in total. The van der Waals surface area contributed by atoms with Gasteiger partial charge in [-0.3, -0.25) is 4.99 Å². The Kier molecular flexibility index (Phi) is 42.5. The number of hydrogen-bond donors (Lipinski definition) is 4. The summed E-state index contributed by atoms with van der Waals surface area (Å²) >= 11 is 0. The second-order valence-electron chi connectivity index (χ2n) is 13.8. The fraction of sp³-hybridized carbons (Fsp3) is 0.950. The lowest BCUT2D eigenvalue weighted by Gasteiger charge is -2.06. The fourth-order valence-electron chi connectivity index (χ4n) is 5.80. The summed E-state index contributed by atoms with van der Waals surface area (Å²) in [6.45, 7) is 7.66. The number of rotatable bonds is 35. The molecule has 46 heavy (non-hydrogen) atoms. The highest BCUT2D eigenvalue weighted by Crippen LogP contribution is 2.15. The van der Waals surface area contributed by atoms with Crippen LogP contribution in [0.5, 0.6) is 0 Å². The number of aliphatic hydroxyl groups excluding tert-OH is 1. The van der Waals surface area contributed by atoms with Gasteiger partial charge >= 0.3 is 5.97 Å². The predicted octanol–water partition coefficient (Wildman–Crippen LogP) is 11.9. The van der Waals surface area contributed by atoms with Gasteiger partial charge in [-0.15, -0.1) is 0 Å². The van der Waals surface area contributed by atoms with Gasteiger partial charge in [0.15, 0.2) is 5.96 Å². The van der Waals surface area contributed by atoms with E-state index in [1.165, 1.54) is 212 Å². The molecule has 0 aromatic heterocycles. The van der Waals surface area contributed by atoms with E-state index in [0.29, 0.717) is 5.96 Å². The molecule has 0 saturated carbocycles. The smallest absolute Gasteiger partial charge is 0.332 e. The molecular formula is C40H83N3O3. The predicted molar refractivity (Wildman–Crippen MR) is 203 cm³/mol. The van der Waals surface area contributed by atoms with Crippen LogP contribution in [-0.4, -0.2) is 41.3 Å². The highest BCUT2D eigenvalue weighted by molar-refractivity contribution is 5.77. The van der Waals surface area contributed by atoms with Crippen molar-refractivity contribution >= 4 is 11.9 Å². The van der Waals surface area contributed by atoms with Gasteiger partial charge in [-0.25, -0.2) is 4.79 Å². The molecule has 0 heterocycles. The van der Waals surface area contributed by atoms with E-state index in [1.807, 2.05) is 0 Å². The number of hydrogen-bond acceptors (Lipinski definition) is 3. The first-order valence-electron chi connectivity index (χ1n) is 20.4. The molecule has 0 spiro atoms. The molecule has 0 aliphatic carbocycles. The molecule has 0 bridgehead atoms. The molecule has 5 N–H and O–H groups in total. The number of carboxylic acid groups (broad SMARTS) is 1. The normalized spacial score (nSPS) is 12.1. The Morgan fingerprint density at radius 3 is 1.02 bits per heavy atom. The molecule has 0 amide bonds. The van der Waals surface area contributed by atoms with Crippen LogP contribution in [0, 0.1) is 0 Å². The third-order valence-corrected chi connectivity index (χ3v) is 8.99. The van der Waals surface area contributed by atoms with E-state index in [2.05, 4.69) is 24.2 Å². The number of aliphatic carboxylic acids is 1. The van der Waals surface area contributed by atoms with Crippen molar-refractivity contribution < 1.29 is 15.0 Å². The van der Waals surface area contributed by atoms with Crippen molar-refractivity contribution in [2.45, 2.75) is 232 Å². The van der Waals surface area contributed by atoms with Crippen LogP contribution in [0.2, 0.25) is 0 Å². The summed E-state index contributed by atoms with van der Waals surface area (Å²) < 4.78 is 0. The average molecular weight is 654 g/mol. The van der Waals surface area contributed by atoms with Crippen molar-refractivity contribution in [2.75, 3.05) is 13.1 Å². The third-order valence-electron chi connectivity index (χ3n) is 8.99. The van der Waals surface area contributed by atoms with E-state index in [-0.39, 0.29) is 0 Å². The topological polar surface area (TPSA) is 108 Å². The number of carbonyl (C=O) groups is 1. The van der Waals surface area contributed by atoms with Crippen LogP contribution in [0.25, 0.3) is 0 Å². The maximum atomic E-state index is 9.45. The van der Waals surface area contributed by atoms with Gasteiger partial charge < -0.3 is 21.3 Å². The van der Waals surface area contributed by atoms with Crippen molar-refractivity contribution in [3.63, 3.8) is 0 Å². The number of guanidine groups is 1. The zero-order valence-corrected chi connectivity index (χ0v) is 31.4. The number of nitrogens with one attached hydrogen (secondary N) is 1. The zero-order valence-electron chi connectivity index (χ0n) is 31.4. The van der Waals surface area contributed by atoms with Gasteiger partial charge in [-0.1, -0.05) is 206 Å². The first kappa shape index (κ1) is 46.8. The maximum Gasteiger partial charge on any atom is 0.332 e. The number of carboxylic acids is 1. The summed E-state index contributed by atoms with van der Waals surface area (Å²) in [6.07, 6.45) is 43.9.